The molecule has 88 valence electrons. The first-order valence-corrected chi connectivity index (χ1v) is 5.62. The fourth-order valence-corrected chi connectivity index (χ4v) is 2.08. The number of oxime groups is 1. The maximum Gasteiger partial charge on any atom is 0.141 e. The minimum atomic E-state index is 0.838. The molecule has 0 spiro atoms. The molecule has 18 heavy (non-hydrogen) atoms. The zero-order chi connectivity index (χ0) is 12.4. The second-order valence-corrected chi connectivity index (χ2v) is 4.02. The van der Waals surface area contributed by atoms with Crippen molar-refractivity contribution in [2.45, 2.75) is 0 Å². The maximum absolute atomic E-state index is 8.65. The highest BCUT2D eigenvalue weighted by molar-refractivity contribution is 5.97. The lowest BCUT2D eigenvalue weighted by Gasteiger charge is -2.04. The molecule has 0 saturated heterocycles. The Hall–Kier alpha value is -2.55. The number of nitrogens with zero attached hydrogens (tertiary/aromatic N) is 1. The van der Waals surface area contributed by atoms with Crippen LogP contribution in [0.4, 0.5) is 0 Å². The third kappa shape index (κ3) is 1.76. The summed E-state index contributed by atoms with van der Waals surface area (Å²) in [6.07, 6.45) is 3.08. The van der Waals surface area contributed by atoms with Crippen molar-refractivity contribution >= 4 is 17.2 Å². The molecule has 2 aromatic carbocycles. The molecule has 3 rings (SSSR count). The Morgan fingerprint density at radius 3 is 2.67 bits per heavy atom. The van der Waals surface area contributed by atoms with Gasteiger partial charge in [-0.25, -0.2) is 0 Å². The van der Waals surface area contributed by atoms with Crippen LogP contribution in [0.25, 0.3) is 22.1 Å². The summed E-state index contributed by atoms with van der Waals surface area (Å²) in [5.41, 5.74) is 3.75. The fourth-order valence-electron chi connectivity index (χ4n) is 2.08. The summed E-state index contributed by atoms with van der Waals surface area (Å²) in [6, 6.07) is 15.8. The van der Waals surface area contributed by atoms with E-state index < -0.39 is 0 Å². The summed E-state index contributed by atoms with van der Waals surface area (Å²) in [7, 11) is 0. The summed E-state index contributed by atoms with van der Waals surface area (Å²) in [5, 5.41) is 12.7. The molecule has 0 saturated carbocycles. The van der Waals surface area contributed by atoms with Crippen LogP contribution in [-0.2, 0) is 0 Å². The van der Waals surface area contributed by atoms with Crippen LogP contribution in [0.3, 0.4) is 0 Å². The highest BCUT2D eigenvalue weighted by Crippen LogP contribution is 2.30. The second-order valence-electron chi connectivity index (χ2n) is 4.02. The molecule has 0 aliphatic rings. The van der Waals surface area contributed by atoms with Gasteiger partial charge in [0.25, 0.3) is 0 Å². The van der Waals surface area contributed by atoms with Crippen molar-refractivity contribution in [3.8, 4) is 11.1 Å². The van der Waals surface area contributed by atoms with Gasteiger partial charge in [0.05, 0.1) is 12.5 Å². The van der Waals surface area contributed by atoms with Crippen LogP contribution in [0, 0.1) is 0 Å². The van der Waals surface area contributed by atoms with Crippen LogP contribution < -0.4 is 0 Å². The van der Waals surface area contributed by atoms with Gasteiger partial charge in [-0.05, 0) is 29.3 Å². The Labute approximate surface area is 104 Å². The summed E-state index contributed by atoms with van der Waals surface area (Å²) >= 11 is 0. The Morgan fingerprint density at radius 1 is 1.06 bits per heavy atom. The number of fused-ring (bicyclic) bond motifs is 1. The number of rotatable bonds is 2. The number of benzene rings is 2. The zero-order valence-corrected chi connectivity index (χ0v) is 9.58. The Kier molecular flexibility index (Phi) is 2.57. The minimum absolute atomic E-state index is 0.838. The van der Waals surface area contributed by atoms with Gasteiger partial charge < -0.3 is 9.62 Å². The third-order valence-corrected chi connectivity index (χ3v) is 2.87. The van der Waals surface area contributed by atoms with E-state index in [4.69, 9.17) is 9.62 Å². The van der Waals surface area contributed by atoms with Gasteiger partial charge in [0.2, 0.25) is 0 Å². The molecule has 0 aliphatic carbocycles. The molecular formula is C15H11NO2. The standard InChI is InChI=1S/C15H11NO2/c17-16-10-11-8-13-6-7-18-15(13)14(9-11)12-4-2-1-3-5-12/h1-10,17H/b16-10+. The van der Waals surface area contributed by atoms with Crippen LogP contribution in [0.1, 0.15) is 5.56 Å². The van der Waals surface area contributed by atoms with E-state index in [1.807, 2.05) is 48.5 Å². The lowest BCUT2D eigenvalue weighted by molar-refractivity contribution is 0.322. The molecule has 0 unspecified atom stereocenters. The lowest BCUT2D eigenvalue weighted by atomic mass is 10.0. The molecule has 0 bridgehead atoms. The summed E-state index contributed by atoms with van der Waals surface area (Å²) in [4.78, 5) is 0. The first kappa shape index (κ1) is 10.6. The van der Waals surface area contributed by atoms with Crippen molar-refractivity contribution < 1.29 is 9.62 Å². The smallest absolute Gasteiger partial charge is 0.141 e. The molecule has 0 amide bonds. The second kappa shape index (κ2) is 4.37. The normalized spacial score (nSPS) is 11.3. The molecule has 0 fully saturated rings. The van der Waals surface area contributed by atoms with Crippen molar-refractivity contribution in [2.24, 2.45) is 5.16 Å². The number of furan rings is 1. The number of hydrogen-bond donors (Lipinski definition) is 1. The predicted octanol–water partition coefficient (Wildman–Crippen LogP) is 3.91. The average Bonchev–Trinajstić information content (AvgIpc) is 2.87. The summed E-state index contributed by atoms with van der Waals surface area (Å²) < 4.78 is 5.53. The molecule has 3 aromatic rings. The quantitative estimate of drug-likeness (QED) is 0.417. The molecule has 0 atom stereocenters. The largest absolute Gasteiger partial charge is 0.464 e. The van der Waals surface area contributed by atoms with Gasteiger partial charge in [0.15, 0.2) is 0 Å². The topological polar surface area (TPSA) is 45.7 Å². The van der Waals surface area contributed by atoms with Crippen molar-refractivity contribution in [1.29, 1.82) is 0 Å². The van der Waals surface area contributed by atoms with Crippen LogP contribution in [-0.4, -0.2) is 11.4 Å². The van der Waals surface area contributed by atoms with Crippen LogP contribution in [0.5, 0.6) is 0 Å². The minimum Gasteiger partial charge on any atom is -0.464 e. The Bertz CT molecular complexity index is 699. The first-order chi connectivity index (χ1) is 8.88. The van der Waals surface area contributed by atoms with Crippen LogP contribution >= 0.6 is 0 Å². The predicted molar refractivity (Wildman–Crippen MR) is 71.0 cm³/mol. The highest BCUT2D eigenvalue weighted by Gasteiger charge is 2.08. The van der Waals surface area contributed by atoms with Gasteiger partial charge in [-0.2, -0.15) is 0 Å². The van der Waals surface area contributed by atoms with E-state index in [1.54, 1.807) is 6.26 Å². The number of hydrogen-bond acceptors (Lipinski definition) is 3. The van der Waals surface area contributed by atoms with E-state index in [9.17, 15) is 0 Å². The Morgan fingerprint density at radius 2 is 1.89 bits per heavy atom. The first-order valence-electron chi connectivity index (χ1n) is 5.62. The molecule has 1 N–H and O–H groups in total. The van der Waals surface area contributed by atoms with Crippen molar-refractivity contribution in [2.75, 3.05) is 0 Å². The van der Waals surface area contributed by atoms with E-state index in [2.05, 4.69) is 5.16 Å². The molecule has 0 radical (unpaired) electrons. The van der Waals surface area contributed by atoms with Crippen molar-refractivity contribution in [3.05, 3.63) is 60.4 Å². The third-order valence-electron chi connectivity index (χ3n) is 2.87. The molecule has 3 heteroatoms. The molecule has 1 aromatic heterocycles. The van der Waals surface area contributed by atoms with Crippen LogP contribution in [0.15, 0.2) is 64.4 Å². The van der Waals surface area contributed by atoms with Crippen molar-refractivity contribution in [3.63, 3.8) is 0 Å². The monoisotopic (exact) mass is 237 g/mol. The van der Waals surface area contributed by atoms with E-state index >= 15 is 0 Å². The van der Waals surface area contributed by atoms with Crippen molar-refractivity contribution in [1.82, 2.24) is 0 Å². The van der Waals surface area contributed by atoms with E-state index in [0.29, 0.717) is 0 Å². The van der Waals surface area contributed by atoms with Gasteiger partial charge in [-0.1, -0.05) is 35.5 Å². The summed E-state index contributed by atoms with van der Waals surface area (Å²) in [6.45, 7) is 0. The van der Waals surface area contributed by atoms with E-state index in [1.165, 1.54) is 6.21 Å². The molecule has 1 heterocycles. The maximum atomic E-state index is 8.65. The fraction of sp³-hybridized carbons (Fsp3) is 0. The highest BCUT2D eigenvalue weighted by atomic mass is 16.4. The van der Waals surface area contributed by atoms with E-state index in [0.717, 1.165) is 27.7 Å². The summed E-state index contributed by atoms with van der Waals surface area (Å²) in [5.74, 6) is 0. The van der Waals surface area contributed by atoms with E-state index in [-0.39, 0.29) is 0 Å². The van der Waals surface area contributed by atoms with Gasteiger partial charge in [0.1, 0.15) is 5.58 Å². The van der Waals surface area contributed by atoms with Gasteiger partial charge >= 0.3 is 0 Å². The van der Waals surface area contributed by atoms with Crippen LogP contribution in [0.2, 0.25) is 0 Å². The lowest BCUT2D eigenvalue weighted by Crippen LogP contribution is -1.85. The molecule has 3 nitrogen and oxygen atoms in total. The average molecular weight is 237 g/mol. The van der Waals surface area contributed by atoms with Gasteiger partial charge in [-0.15, -0.1) is 0 Å². The zero-order valence-electron chi connectivity index (χ0n) is 9.58. The molecule has 0 aliphatic heterocycles. The van der Waals surface area contributed by atoms with Gasteiger partial charge in [0, 0.05) is 10.9 Å². The molecular weight excluding hydrogens is 226 g/mol. The Balaban J connectivity index is 2.29. The van der Waals surface area contributed by atoms with Gasteiger partial charge in [-0.3, -0.25) is 0 Å². The SMILES string of the molecule is O/N=C/c1cc(-c2ccccc2)c2occc2c1.